The van der Waals surface area contributed by atoms with Gasteiger partial charge in [-0.25, -0.2) is 0 Å². The summed E-state index contributed by atoms with van der Waals surface area (Å²) >= 11 is 0. The molecule has 24 heavy (non-hydrogen) atoms. The summed E-state index contributed by atoms with van der Waals surface area (Å²) in [5.41, 5.74) is 2.37. The van der Waals surface area contributed by atoms with Gasteiger partial charge in [0.2, 0.25) is 0 Å². The second-order valence-electron chi connectivity index (χ2n) is 5.33. The van der Waals surface area contributed by atoms with Crippen LogP contribution in [-0.2, 0) is 4.79 Å². The number of aryl methyl sites for hydroxylation is 2. The van der Waals surface area contributed by atoms with E-state index in [9.17, 15) is 4.79 Å². The van der Waals surface area contributed by atoms with Gasteiger partial charge in [0, 0.05) is 11.3 Å². The zero-order chi connectivity index (χ0) is 16.9. The van der Waals surface area contributed by atoms with Crippen LogP contribution in [0.25, 0.3) is 11.5 Å². The van der Waals surface area contributed by atoms with Crippen molar-refractivity contribution in [2.75, 3.05) is 11.9 Å². The Morgan fingerprint density at radius 3 is 2.75 bits per heavy atom. The van der Waals surface area contributed by atoms with E-state index < -0.39 is 0 Å². The van der Waals surface area contributed by atoms with Crippen LogP contribution in [0.1, 0.15) is 11.4 Å². The fourth-order valence-corrected chi connectivity index (χ4v) is 2.20. The summed E-state index contributed by atoms with van der Waals surface area (Å²) in [6, 6.07) is 14.8. The second-order valence-corrected chi connectivity index (χ2v) is 5.33. The number of hydrogen-bond acceptors (Lipinski definition) is 5. The highest BCUT2D eigenvalue weighted by molar-refractivity contribution is 5.92. The van der Waals surface area contributed by atoms with Crippen LogP contribution >= 0.6 is 0 Å². The number of ether oxygens (including phenoxy) is 1. The molecule has 0 aliphatic heterocycles. The molecule has 1 N–H and O–H groups in total. The first-order chi connectivity index (χ1) is 11.6. The third-order valence-corrected chi connectivity index (χ3v) is 3.37. The molecule has 0 saturated carbocycles. The van der Waals surface area contributed by atoms with Crippen molar-refractivity contribution in [3.05, 3.63) is 59.9 Å². The molecule has 0 aliphatic rings. The molecule has 3 rings (SSSR count). The molecule has 0 bridgehead atoms. The summed E-state index contributed by atoms with van der Waals surface area (Å²) in [4.78, 5) is 16.2. The van der Waals surface area contributed by atoms with Crippen LogP contribution in [0.15, 0.2) is 53.1 Å². The Morgan fingerprint density at radius 1 is 1.17 bits per heavy atom. The molecule has 2 aromatic carbocycles. The van der Waals surface area contributed by atoms with E-state index in [2.05, 4.69) is 15.5 Å². The molecule has 3 aromatic rings. The monoisotopic (exact) mass is 323 g/mol. The largest absolute Gasteiger partial charge is 0.483 e. The van der Waals surface area contributed by atoms with Gasteiger partial charge in [0.25, 0.3) is 11.8 Å². The van der Waals surface area contributed by atoms with E-state index in [1.807, 2.05) is 43.3 Å². The highest BCUT2D eigenvalue weighted by atomic mass is 16.5. The van der Waals surface area contributed by atoms with Crippen molar-refractivity contribution in [2.24, 2.45) is 0 Å². The van der Waals surface area contributed by atoms with Crippen molar-refractivity contribution in [1.82, 2.24) is 10.1 Å². The lowest BCUT2D eigenvalue weighted by molar-refractivity contribution is -0.118. The van der Waals surface area contributed by atoms with E-state index in [1.54, 1.807) is 19.1 Å². The lowest BCUT2D eigenvalue weighted by Crippen LogP contribution is -2.20. The fraction of sp³-hybridized carbons (Fsp3) is 0.167. The molecule has 122 valence electrons. The van der Waals surface area contributed by atoms with Gasteiger partial charge in [-0.15, -0.1) is 0 Å². The van der Waals surface area contributed by atoms with Crippen LogP contribution in [0.4, 0.5) is 5.69 Å². The van der Waals surface area contributed by atoms with Crippen LogP contribution in [0, 0.1) is 13.8 Å². The number of hydrogen-bond donors (Lipinski definition) is 1. The molecule has 0 unspecified atom stereocenters. The quantitative estimate of drug-likeness (QED) is 0.779. The minimum atomic E-state index is -0.239. The van der Waals surface area contributed by atoms with Gasteiger partial charge < -0.3 is 14.6 Å². The van der Waals surface area contributed by atoms with Gasteiger partial charge in [-0.05, 0) is 43.7 Å². The number of para-hydroxylation sites is 1. The van der Waals surface area contributed by atoms with E-state index in [0.717, 1.165) is 11.1 Å². The van der Waals surface area contributed by atoms with E-state index in [4.69, 9.17) is 9.26 Å². The number of carbonyl (C=O) groups excluding carboxylic acids is 1. The van der Waals surface area contributed by atoms with Gasteiger partial charge in [0.15, 0.2) is 12.4 Å². The van der Waals surface area contributed by atoms with Crippen molar-refractivity contribution >= 4 is 11.6 Å². The molecule has 0 radical (unpaired) electrons. The third kappa shape index (κ3) is 3.78. The average molecular weight is 323 g/mol. The predicted molar refractivity (Wildman–Crippen MR) is 89.8 cm³/mol. The van der Waals surface area contributed by atoms with Crippen LogP contribution in [-0.4, -0.2) is 22.7 Å². The zero-order valence-corrected chi connectivity index (χ0v) is 13.4. The Labute approximate surface area is 139 Å². The van der Waals surface area contributed by atoms with Gasteiger partial charge in [-0.3, -0.25) is 4.79 Å². The van der Waals surface area contributed by atoms with Crippen molar-refractivity contribution in [1.29, 1.82) is 0 Å². The maximum absolute atomic E-state index is 12.1. The van der Waals surface area contributed by atoms with Crippen molar-refractivity contribution in [3.8, 4) is 17.2 Å². The van der Waals surface area contributed by atoms with Gasteiger partial charge in [-0.1, -0.05) is 29.4 Å². The Bertz CT molecular complexity index is 858. The molecule has 1 heterocycles. The number of benzene rings is 2. The highest BCUT2D eigenvalue weighted by Gasteiger charge is 2.09. The first-order valence-electron chi connectivity index (χ1n) is 7.51. The van der Waals surface area contributed by atoms with Gasteiger partial charge in [0.05, 0.1) is 0 Å². The standard InChI is InChI=1S/C18H17N3O3/c1-12-6-3-4-9-16(12)23-11-17(22)20-15-8-5-7-14(10-15)18-19-13(2)21-24-18/h3-10H,11H2,1-2H3,(H,20,22). The first kappa shape index (κ1) is 15.7. The number of nitrogens with zero attached hydrogens (tertiary/aromatic N) is 2. The van der Waals surface area contributed by atoms with Crippen molar-refractivity contribution < 1.29 is 14.1 Å². The number of carbonyl (C=O) groups is 1. The molecular formula is C18H17N3O3. The normalized spacial score (nSPS) is 10.4. The summed E-state index contributed by atoms with van der Waals surface area (Å²) in [5.74, 6) is 1.44. The van der Waals surface area contributed by atoms with Crippen LogP contribution in [0.3, 0.4) is 0 Å². The third-order valence-electron chi connectivity index (χ3n) is 3.37. The molecule has 0 spiro atoms. The topological polar surface area (TPSA) is 77.2 Å². The summed E-state index contributed by atoms with van der Waals surface area (Å²) in [5, 5.41) is 6.56. The minimum Gasteiger partial charge on any atom is -0.483 e. The Hall–Kier alpha value is -3.15. The zero-order valence-electron chi connectivity index (χ0n) is 13.4. The summed E-state index contributed by atoms with van der Waals surface area (Å²) < 4.78 is 10.7. The maximum atomic E-state index is 12.1. The molecule has 0 fully saturated rings. The first-order valence-corrected chi connectivity index (χ1v) is 7.51. The van der Waals surface area contributed by atoms with Crippen LogP contribution < -0.4 is 10.1 Å². The number of nitrogens with one attached hydrogen (secondary N) is 1. The van der Waals surface area contributed by atoms with E-state index in [0.29, 0.717) is 23.2 Å². The van der Waals surface area contributed by atoms with Gasteiger partial charge in [-0.2, -0.15) is 4.98 Å². The number of aromatic nitrogens is 2. The highest BCUT2D eigenvalue weighted by Crippen LogP contribution is 2.21. The maximum Gasteiger partial charge on any atom is 0.262 e. The summed E-state index contributed by atoms with van der Waals surface area (Å²) in [7, 11) is 0. The molecule has 0 atom stereocenters. The molecule has 0 saturated heterocycles. The lowest BCUT2D eigenvalue weighted by atomic mass is 10.2. The van der Waals surface area contributed by atoms with Crippen LogP contribution in [0.5, 0.6) is 5.75 Å². The van der Waals surface area contributed by atoms with Gasteiger partial charge >= 0.3 is 0 Å². The summed E-state index contributed by atoms with van der Waals surface area (Å²) in [6.45, 7) is 3.62. The van der Waals surface area contributed by atoms with E-state index >= 15 is 0 Å². The average Bonchev–Trinajstić information content (AvgIpc) is 3.01. The van der Waals surface area contributed by atoms with Crippen LogP contribution in [0.2, 0.25) is 0 Å². The lowest BCUT2D eigenvalue weighted by Gasteiger charge is -2.09. The summed E-state index contributed by atoms with van der Waals surface area (Å²) in [6.07, 6.45) is 0. The minimum absolute atomic E-state index is 0.0608. The number of rotatable bonds is 5. The predicted octanol–water partition coefficient (Wildman–Crippen LogP) is 3.37. The van der Waals surface area contributed by atoms with Crippen molar-refractivity contribution in [2.45, 2.75) is 13.8 Å². The second kappa shape index (κ2) is 6.95. The molecule has 0 aliphatic carbocycles. The Balaban J connectivity index is 1.63. The Kier molecular flexibility index (Phi) is 4.56. The SMILES string of the molecule is Cc1noc(-c2cccc(NC(=O)COc3ccccc3C)c2)n1. The van der Waals surface area contributed by atoms with E-state index in [1.165, 1.54) is 0 Å². The fourth-order valence-electron chi connectivity index (χ4n) is 2.20. The smallest absolute Gasteiger partial charge is 0.262 e. The van der Waals surface area contributed by atoms with Crippen molar-refractivity contribution in [3.63, 3.8) is 0 Å². The molecular weight excluding hydrogens is 306 g/mol. The molecule has 6 heteroatoms. The van der Waals surface area contributed by atoms with E-state index in [-0.39, 0.29) is 12.5 Å². The van der Waals surface area contributed by atoms with Gasteiger partial charge in [0.1, 0.15) is 5.75 Å². The number of anilines is 1. The number of amides is 1. The molecule has 6 nitrogen and oxygen atoms in total. The Morgan fingerprint density at radius 2 is 2.00 bits per heavy atom. The molecule has 1 aromatic heterocycles. The molecule has 1 amide bonds.